The minimum absolute atomic E-state index is 0.238. The van der Waals surface area contributed by atoms with Gasteiger partial charge in [-0.2, -0.15) is 0 Å². The number of amides is 1. The largest absolute Gasteiger partial charge is 0.459 e. The number of nitrogens with zero attached hydrogens (tertiary/aromatic N) is 1. The normalized spacial score (nSPS) is 14.9. The van der Waals surface area contributed by atoms with E-state index in [0.717, 1.165) is 24.3 Å². The Morgan fingerprint density at radius 2 is 2.09 bits per heavy atom. The van der Waals surface area contributed by atoms with E-state index in [2.05, 4.69) is 10.2 Å². The van der Waals surface area contributed by atoms with Crippen LogP contribution in [0.4, 0.5) is 5.69 Å². The van der Waals surface area contributed by atoms with Crippen LogP contribution in [0.3, 0.4) is 0 Å². The number of anilines is 1. The predicted molar refractivity (Wildman–Crippen MR) is 84.4 cm³/mol. The van der Waals surface area contributed by atoms with Crippen molar-refractivity contribution >= 4 is 23.2 Å². The molecule has 0 radical (unpaired) electrons. The Bertz CT molecular complexity index is 637. The van der Waals surface area contributed by atoms with Crippen LogP contribution >= 0.6 is 11.6 Å². The molecular weight excluding hydrogens is 304 g/mol. The molecule has 1 fully saturated rings. The van der Waals surface area contributed by atoms with Crippen LogP contribution < -0.4 is 10.2 Å². The molecule has 2 heterocycles. The van der Waals surface area contributed by atoms with Crippen molar-refractivity contribution in [2.24, 2.45) is 0 Å². The maximum absolute atomic E-state index is 12.0. The third-order valence-electron chi connectivity index (χ3n) is 3.58. The number of morpholine rings is 1. The molecule has 22 heavy (non-hydrogen) atoms. The van der Waals surface area contributed by atoms with Gasteiger partial charge in [0.25, 0.3) is 5.91 Å². The Morgan fingerprint density at radius 3 is 2.82 bits per heavy atom. The topological polar surface area (TPSA) is 54.7 Å². The van der Waals surface area contributed by atoms with E-state index >= 15 is 0 Å². The van der Waals surface area contributed by atoms with E-state index in [9.17, 15) is 4.79 Å². The average molecular weight is 321 g/mol. The van der Waals surface area contributed by atoms with Crippen LogP contribution in [0, 0.1) is 0 Å². The molecule has 0 spiro atoms. The number of ether oxygens (including phenoxy) is 1. The van der Waals surface area contributed by atoms with Gasteiger partial charge in [-0.25, -0.2) is 0 Å². The minimum Gasteiger partial charge on any atom is -0.459 e. The average Bonchev–Trinajstić information content (AvgIpc) is 3.08. The van der Waals surface area contributed by atoms with Gasteiger partial charge in [0.15, 0.2) is 5.76 Å². The Labute approximate surface area is 133 Å². The lowest BCUT2D eigenvalue weighted by Gasteiger charge is -2.30. The summed E-state index contributed by atoms with van der Waals surface area (Å²) in [5, 5.41) is 3.51. The van der Waals surface area contributed by atoms with E-state index in [4.69, 9.17) is 20.8 Å². The molecule has 1 saturated heterocycles. The molecule has 5 nitrogen and oxygen atoms in total. The summed E-state index contributed by atoms with van der Waals surface area (Å²) < 4.78 is 10.5. The molecule has 0 atom stereocenters. The van der Waals surface area contributed by atoms with Crippen LogP contribution in [0.25, 0.3) is 0 Å². The number of nitrogens with one attached hydrogen (secondary N) is 1. The van der Waals surface area contributed by atoms with Gasteiger partial charge in [0.05, 0.1) is 19.5 Å². The summed E-state index contributed by atoms with van der Waals surface area (Å²) in [7, 11) is 0. The monoisotopic (exact) mass is 320 g/mol. The fraction of sp³-hybridized carbons (Fsp3) is 0.312. The molecule has 0 unspecified atom stereocenters. The number of halogens is 1. The molecule has 6 heteroatoms. The van der Waals surface area contributed by atoms with Gasteiger partial charge in [0.2, 0.25) is 0 Å². The number of benzene rings is 1. The number of carbonyl (C=O) groups excluding carboxylic acids is 1. The first kappa shape index (κ1) is 14.9. The van der Waals surface area contributed by atoms with Gasteiger partial charge in [-0.05, 0) is 35.9 Å². The number of carbonyl (C=O) groups is 1. The van der Waals surface area contributed by atoms with E-state index in [0.29, 0.717) is 30.5 Å². The third kappa shape index (κ3) is 3.43. The number of hydrogen-bond acceptors (Lipinski definition) is 4. The molecule has 1 aromatic heterocycles. The van der Waals surface area contributed by atoms with E-state index < -0.39 is 0 Å². The molecule has 116 valence electrons. The van der Waals surface area contributed by atoms with E-state index in [-0.39, 0.29) is 5.91 Å². The Kier molecular flexibility index (Phi) is 4.65. The quantitative estimate of drug-likeness (QED) is 0.941. The van der Waals surface area contributed by atoms with E-state index in [1.165, 1.54) is 6.26 Å². The summed E-state index contributed by atoms with van der Waals surface area (Å²) in [6.45, 7) is 3.48. The predicted octanol–water partition coefficient (Wildman–Crippen LogP) is 2.70. The molecule has 1 aliphatic heterocycles. The third-order valence-corrected chi connectivity index (χ3v) is 3.81. The molecule has 0 saturated carbocycles. The molecule has 1 N–H and O–H groups in total. The van der Waals surface area contributed by atoms with Crippen molar-refractivity contribution < 1.29 is 13.9 Å². The van der Waals surface area contributed by atoms with Gasteiger partial charge in [0, 0.05) is 30.3 Å². The SMILES string of the molecule is O=C(NCc1cc(Cl)ccc1N1CCOCC1)c1ccco1. The van der Waals surface area contributed by atoms with Gasteiger partial charge in [-0.15, -0.1) is 0 Å². The minimum atomic E-state index is -0.238. The molecule has 1 amide bonds. The van der Waals surface area contributed by atoms with Gasteiger partial charge in [-0.3, -0.25) is 4.79 Å². The molecule has 0 aliphatic carbocycles. The second-order valence-electron chi connectivity index (χ2n) is 5.03. The summed E-state index contributed by atoms with van der Waals surface area (Å²) in [6, 6.07) is 9.06. The van der Waals surface area contributed by atoms with E-state index in [1.54, 1.807) is 12.1 Å². The van der Waals surface area contributed by atoms with Gasteiger partial charge >= 0.3 is 0 Å². The van der Waals surface area contributed by atoms with Crippen molar-refractivity contribution in [3.05, 3.63) is 52.9 Å². The Hall–Kier alpha value is -1.98. The maximum atomic E-state index is 12.0. The standard InChI is InChI=1S/C16H17ClN2O3/c17-13-3-4-14(19-5-8-21-9-6-19)12(10-13)11-18-16(20)15-2-1-7-22-15/h1-4,7,10H,5-6,8-9,11H2,(H,18,20). The highest BCUT2D eigenvalue weighted by Crippen LogP contribution is 2.25. The zero-order valence-corrected chi connectivity index (χ0v) is 12.8. The molecule has 1 aliphatic rings. The second kappa shape index (κ2) is 6.85. The summed E-state index contributed by atoms with van der Waals surface area (Å²) in [4.78, 5) is 14.2. The lowest BCUT2D eigenvalue weighted by Crippen LogP contribution is -2.37. The Morgan fingerprint density at radius 1 is 1.27 bits per heavy atom. The first-order valence-electron chi connectivity index (χ1n) is 7.17. The molecular formula is C16H17ClN2O3. The fourth-order valence-corrected chi connectivity index (χ4v) is 2.67. The van der Waals surface area contributed by atoms with Gasteiger partial charge in [-0.1, -0.05) is 11.6 Å². The van der Waals surface area contributed by atoms with E-state index in [1.807, 2.05) is 18.2 Å². The van der Waals surface area contributed by atoms with Crippen LogP contribution in [0.5, 0.6) is 0 Å². The molecule has 1 aromatic carbocycles. The molecule has 0 bridgehead atoms. The van der Waals surface area contributed by atoms with Crippen LogP contribution in [0.15, 0.2) is 41.0 Å². The van der Waals surface area contributed by atoms with Crippen molar-refractivity contribution in [2.75, 3.05) is 31.2 Å². The second-order valence-corrected chi connectivity index (χ2v) is 5.47. The number of rotatable bonds is 4. The molecule has 3 rings (SSSR count). The van der Waals surface area contributed by atoms with Crippen LogP contribution in [-0.2, 0) is 11.3 Å². The number of furan rings is 1. The lowest BCUT2D eigenvalue weighted by atomic mass is 10.1. The van der Waals surface area contributed by atoms with Crippen LogP contribution in [-0.4, -0.2) is 32.2 Å². The lowest BCUT2D eigenvalue weighted by molar-refractivity contribution is 0.0923. The Balaban J connectivity index is 1.74. The molecule has 2 aromatic rings. The smallest absolute Gasteiger partial charge is 0.287 e. The first-order valence-corrected chi connectivity index (χ1v) is 7.54. The van der Waals surface area contributed by atoms with Crippen molar-refractivity contribution in [1.29, 1.82) is 0 Å². The van der Waals surface area contributed by atoms with Crippen molar-refractivity contribution in [3.8, 4) is 0 Å². The summed E-state index contributed by atoms with van der Waals surface area (Å²) >= 11 is 6.10. The van der Waals surface area contributed by atoms with Crippen molar-refractivity contribution in [2.45, 2.75) is 6.54 Å². The summed E-state index contributed by atoms with van der Waals surface area (Å²) in [5.41, 5.74) is 2.06. The number of hydrogen-bond donors (Lipinski definition) is 1. The summed E-state index contributed by atoms with van der Waals surface area (Å²) in [5.74, 6) is 0.0628. The highest BCUT2D eigenvalue weighted by Gasteiger charge is 2.16. The van der Waals surface area contributed by atoms with Gasteiger partial charge < -0.3 is 19.4 Å². The maximum Gasteiger partial charge on any atom is 0.287 e. The fourth-order valence-electron chi connectivity index (χ4n) is 2.48. The zero-order valence-electron chi connectivity index (χ0n) is 12.0. The van der Waals surface area contributed by atoms with Crippen molar-refractivity contribution in [1.82, 2.24) is 5.32 Å². The highest BCUT2D eigenvalue weighted by molar-refractivity contribution is 6.30. The van der Waals surface area contributed by atoms with Crippen molar-refractivity contribution in [3.63, 3.8) is 0 Å². The zero-order chi connectivity index (χ0) is 15.4. The van der Waals surface area contributed by atoms with Gasteiger partial charge in [0.1, 0.15) is 0 Å². The summed E-state index contributed by atoms with van der Waals surface area (Å²) in [6.07, 6.45) is 1.48. The highest BCUT2D eigenvalue weighted by atomic mass is 35.5. The van der Waals surface area contributed by atoms with Crippen LogP contribution in [0.2, 0.25) is 5.02 Å². The first-order chi connectivity index (χ1) is 10.7. The van der Waals surface area contributed by atoms with Crippen LogP contribution in [0.1, 0.15) is 16.1 Å².